The molecule has 1 aliphatic heterocycles. The summed E-state index contributed by atoms with van der Waals surface area (Å²) in [5.74, 6) is -0.293. The van der Waals surface area contributed by atoms with Crippen LogP contribution in [0.5, 0.6) is 0 Å². The number of rotatable bonds is 5. The third-order valence-electron chi connectivity index (χ3n) is 4.10. The minimum absolute atomic E-state index is 0.0418. The van der Waals surface area contributed by atoms with Crippen LogP contribution in [-0.2, 0) is 20.7 Å². The van der Waals surface area contributed by atoms with Crippen LogP contribution in [0.2, 0.25) is 4.34 Å². The highest BCUT2D eigenvalue weighted by Crippen LogP contribution is 2.37. The molecule has 1 aliphatic rings. The van der Waals surface area contributed by atoms with Crippen molar-refractivity contribution in [1.82, 2.24) is 0 Å². The van der Waals surface area contributed by atoms with E-state index < -0.39 is 0 Å². The van der Waals surface area contributed by atoms with Crippen LogP contribution < -0.4 is 0 Å². The zero-order chi connectivity index (χ0) is 17.8. The van der Waals surface area contributed by atoms with E-state index in [0.29, 0.717) is 0 Å². The maximum Gasteiger partial charge on any atom is 0.302 e. The predicted molar refractivity (Wildman–Crippen MR) is 101 cm³/mol. The molecule has 1 aromatic carbocycles. The molecule has 0 aliphatic carbocycles. The Labute approximate surface area is 157 Å². The van der Waals surface area contributed by atoms with Gasteiger partial charge in [0.25, 0.3) is 0 Å². The van der Waals surface area contributed by atoms with Crippen LogP contribution in [0.15, 0.2) is 42.5 Å². The summed E-state index contributed by atoms with van der Waals surface area (Å²) in [5.41, 5.74) is 3.62. The first kappa shape index (κ1) is 18.2. The normalized spacial score (nSPS) is 19.8. The lowest BCUT2D eigenvalue weighted by molar-refractivity contribution is -0.145. The lowest BCUT2D eigenvalue weighted by Gasteiger charge is -2.24. The third-order valence-corrected chi connectivity index (χ3v) is 5.63. The Hall–Kier alpha value is -1.62. The van der Waals surface area contributed by atoms with Gasteiger partial charge in [0.1, 0.15) is 12.7 Å². The van der Waals surface area contributed by atoms with Crippen LogP contribution in [0.3, 0.4) is 0 Å². The SMILES string of the molecule is CC(=O)OC[C@H]1C=CC[C@H](c2cc(Cc3ccc(C)cc3)c(Cl)s2)O1. The first-order valence-corrected chi connectivity index (χ1v) is 9.50. The molecule has 1 aromatic heterocycles. The number of halogens is 1. The van der Waals surface area contributed by atoms with Crippen LogP contribution in [0.4, 0.5) is 0 Å². The number of aryl methyl sites for hydroxylation is 1. The van der Waals surface area contributed by atoms with E-state index in [-0.39, 0.29) is 24.8 Å². The van der Waals surface area contributed by atoms with Crippen LogP contribution in [0, 0.1) is 6.92 Å². The molecule has 132 valence electrons. The van der Waals surface area contributed by atoms with E-state index in [4.69, 9.17) is 21.1 Å². The molecule has 5 heteroatoms. The molecule has 0 radical (unpaired) electrons. The van der Waals surface area contributed by atoms with Gasteiger partial charge < -0.3 is 9.47 Å². The molecule has 0 N–H and O–H groups in total. The Bertz CT molecular complexity index is 764. The molecule has 0 saturated heterocycles. The van der Waals surface area contributed by atoms with Crippen LogP contribution >= 0.6 is 22.9 Å². The maximum atomic E-state index is 11.0. The lowest BCUT2D eigenvalue weighted by atomic mass is 10.0. The minimum Gasteiger partial charge on any atom is -0.463 e. The highest BCUT2D eigenvalue weighted by molar-refractivity contribution is 7.16. The number of hydrogen-bond donors (Lipinski definition) is 0. The fourth-order valence-corrected chi connectivity index (χ4v) is 4.12. The molecule has 3 rings (SSSR count). The molecule has 0 amide bonds. The quantitative estimate of drug-likeness (QED) is 0.528. The van der Waals surface area contributed by atoms with E-state index in [1.165, 1.54) is 18.1 Å². The lowest BCUT2D eigenvalue weighted by Crippen LogP contribution is -2.24. The van der Waals surface area contributed by atoms with Gasteiger partial charge >= 0.3 is 5.97 Å². The molecule has 0 fully saturated rings. The van der Waals surface area contributed by atoms with Gasteiger partial charge in [0.2, 0.25) is 0 Å². The number of esters is 1. The van der Waals surface area contributed by atoms with Crippen molar-refractivity contribution in [2.45, 2.75) is 38.9 Å². The second-order valence-corrected chi connectivity index (χ2v) is 7.93. The molecule has 0 bridgehead atoms. The summed E-state index contributed by atoms with van der Waals surface area (Å²) in [4.78, 5) is 12.1. The average molecular weight is 377 g/mol. The van der Waals surface area contributed by atoms with Gasteiger partial charge in [0, 0.05) is 11.8 Å². The summed E-state index contributed by atoms with van der Waals surface area (Å²) in [6, 6.07) is 10.6. The first-order chi connectivity index (χ1) is 12.0. The molecule has 0 saturated carbocycles. The second-order valence-electron chi connectivity index (χ2n) is 6.24. The Balaban J connectivity index is 1.68. The fraction of sp³-hybridized carbons (Fsp3) is 0.350. The van der Waals surface area contributed by atoms with Crippen molar-refractivity contribution >= 4 is 28.9 Å². The Morgan fingerprint density at radius 3 is 2.84 bits per heavy atom. The van der Waals surface area contributed by atoms with Crippen molar-refractivity contribution in [2.75, 3.05) is 6.61 Å². The molecule has 2 aromatic rings. The van der Waals surface area contributed by atoms with Gasteiger partial charge in [-0.2, -0.15) is 0 Å². The van der Waals surface area contributed by atoms with Crippen molar-refractivity contribution in [1.29, 1.82) is 0 Å². The summed E-state index contributed by atoms with van der Waals surface area (Å²) < 4.78 is 11.9. The maximum absolute atomic E-state index is 11.0. The first-order valence-electron chi connectivity index (χ1n) is 8.30. The van der Waals surface area contributed by atoms with Gasteiger partial charge in [-0.25, -0.2) is 0 Å². The molecule has 0 spiro atoms. The summed E-state index contributed by atoms with van der Waals surface area (Å²) in [6.45, 7) is 3.73. The van der Waals surface area contributed by atoms with Gasteiger partial charge in [-0.1, -0.05) is 53.6 Å². The predicted octanol–water partition coefficient (Wildman–Crippen LogP) is 5.25. The molecular formula is C20H21ClO3S. The smallest absolute Gasteiger partial charge is 0.302 e. The van der Waals surface area contributed by atoms with E-state index in [0.717, 1.165) is 27.6 Å². The van der Waals surface area contributed by atoms with Crippen LogP contribution in [-0.4, -0.2) is 18.7 Å². The molecule has 25 heavy (non-hydrogen) atoms. The number of hydrogen-bond acceptors (Lipinski definition) is 4. The summed E-state index contributed by atoms with van der Waals surface area (Å²) in [6.07, 6.45) is 5.40. The number of carbonyl (C=O) groups is 1. The van der Waals surface area contributed by atoms with E-state index >= 15 is 0 Å². The van der Waals surface area contributed by atoms with E-state index in [9.17, 15) is 4.79 Å². The summed E-state index contributed by atoms with van der Waals surface area (Å²) >= 11 is 8.03. The molecule has 2 heterocycles. The second kappa shape index (κ2) is 8.17. The van der Waals surface area contributed by atoms with Gasteiger partial charge in [0.05, 0.1) is 10.4 Å². The van der Waals surface area contributed by atoms with Gasteiger partial charge in [-0.15, -0.1) is 11.3 Å². The van der Waals surface area contributed by atoms with Crippen LogP contribution in [0.1, 0.15) is 41.0 Å². The van der Waals surface area contributed by atoms with Gasteiger partial charge in [0.15, 0.2) is 0 Å². The Morgan fingerprint density at radius 2 is 2.12 bits per heavy atom. The average Bonchev–Trinajstić information content (AvgIpc) is 2.96. The van der Waals surface area contributed by atoms with Crippen molar-refractivity contribution in [3.05, 3.63) is 68.4 Å². The molecule has 3 nitrogen and oxygen atoms in total. The Morgan fingerprint density at radius 1 is 1.36 bits per heavy atom. The zero-order valence-corrected chi connectivity index (χ0v) is 15.9. The number of benzene rings is 1. The van der Waals surface area contributed by atoms with E-state index in [2.05, 4.69) is 43.3 Å². The molecule has 0 unspecified atom stereocenters. The molecule has 2 atom stereocenters. The topological polar surface area (TPSA) is 35.5 Å². The van der Waals surface area contributed by atoms with Crippen molar-refractivity contribution in [3.8, 4) is 0 Å². The monoisotopic (exact) mass is 376 g/mol. The van der Waals surface area contributed by atoms with E-state index in [1.54, 1.807) is 11.3 Å². The standard InChI is InChI=1S/C20H21ClO3S/c1-13-6-8-15(9-7-13)10-16-11-19(25-20(16)21)18-5-3-4-17(24-18)12-23-14(2)22/h3-4,6-9,11,17-18H,5,10,12H2,1-2H3/t17-,18-/m1/s1. The highest BCUT2D eigenvalue weighted by atomic mass is 35.5. The van der Waals surface area contributed by atoms with Gasteiger partial charge in [-0.05, 0) is 37.0 Å². The fourth-order valence-electron chi connectivity index (χ4n) is 2.78. The summed E-state index contributed by atoms with van der Waals surface area (Å²) in [7, 11) is 0. The minimum atomic E-state index is -0.293. The van der Waals surface area contributed by atoms with Crippen molar-refractivity contribution in [2.24, 2.45) is 0 Å². The zero-order valence-electron chi connectivity index (χ0n) is 14.3. The van der Waals surface area contributed by atoms with E-state index in [1.807, 2.05) is 6.08 Å². The number of thiophene rings is 1. The highest BCUT2D eigenvalue weighted by Gasteiger charge is 2.23. The number of ether oxygens (including phenoxy) is 2. The third kappa shape index (κ3) is 4.94. The molecular weight excluding hydrogens is 356 g/mol. The largest absolute Gasteiger partial charge is 0.463 e. The van der Waals surface area contributed by atoms with Crippen molar-refractivity contribution < 1.29 is 14.3 Å². The number of carbonyl (C=O) groups excluding carboxylic acids is 1. The van der Waals surface area contributed by atoms with Crippen LogP contribution in [0.25, 0.3) is 0 Å². The Kier molecular flexibility index (Phi) is 5.94. The van der Waals surface area contributed by atoms with Crippen molar-refractivity contribution in [3.63, 3.8) is 0 Å². The van der Waals surface area contributed by atoms with Gasteiger partial charge in [-0.3, -0.25) is 4.79 Å². The summed E-state index contributed by atoms with van der Waals surface area (Å²) in [5, 5.41) is 0.